The highest BCUT2D eigenvalue weighted by molar-refractivity contribution is 9.10. The number of aromatic nitrogens is 3. The quantitative estimate of drug-likeness (QED) is 0.815. The van der Waals surface area contributed by atoms with Gasteiger partial charge in [-0.3, -0.25) is 0 Å². The molecule has 0 bridgehead atoms. The molecule has 5 heteroatoms. The molecule has 2 aromatic heterocycles. The van der Waals surface area contributed by atoms with E-state index in [4.69, 9.17) is 4.74 Å². The normalized spacial score (nSPS) is 10.7. The van der Waals surface area contributed by atoms with Crippen LogP contribution in [0.15, 0.2) is 29.0 Å². The third kappa shape index (κ3) is 2.85. The van der Waals surface area contributed by atoms with Crippen molar-refractivity contribution in [2.45, 2.75) is 19.8 Å². The van der Waals surface area contributed by atoms with Crippen LogP contribution in [-0.2, 0) is 0 Å². The van der Waals surface area contributed by atoms with E-state index in [-0.39, 0.29) is 5.92 Å². The van der Waals surface area contributed by atoms with Crippen LogP contribution in [0.2, 0.25) is 0 Å². The van der Waals surface area contributed by atoms with Gasteiger partial charge in [0, 0.05) is 23.7 Å². The summed E-state index contributed by atoms with van der Waals surface area (Å²) < 4.78 is 5.82. The molecule has 0 atom stereocenters. The van der Waals surface area contributed by atoms with Crippen molar-refractivity contribution in [1.29, 1.82) is 0 Å². The zero-order valence-corrected chi connectivity index (χ0v) is 12.1. The number of pyridine rings is 1. The first kappa shape index (κ1) is 13.0. The smallest absolute Gasteiger partial charge is 0.212 e. The van der Waals surface area contributed by atoms with E-state index in [0.29, 0.717) is 5.88 Å². The topological polar surface area (TPSA) is 47.9 Å². The summed E-state index contributed by atoms with van der Waals surface area (Å²) in [7, 11) is 1.60. The van der Waals surface area contributed by atoms with E-state index < -0.39 is 0 Å². The van der Waals surface area contributed by atoms with Gasteiger partial charge in [0.05, 0.1) is 12.8 Å². The lowest BCUT2D eigenvalue weighted by molar-refractivity contribution is 0.398. The Labute approximate surface area is 115 Å². The molecule has 0 fully saturated rings. The monoisotopic (exact) mass is 307 g/mol. The van der Waals surface area contributed by atoms with E-state index in [1.807, 2.05) is 18.2 Å². The molecule has 0 unspecified atom stereocenters. The van der Waals surface area contributed by atoms with Crippen LogP contribution in [0.3, 0.4) is 0 Å². The summed E-state index contributed by atoms with van der Waals surface area (Å²) in [6.45, 7) is 4.13. The number of nitrogens with zero attached hydrogens (tertiary/aromatic N) is 3. The number of halogens is 1. The Hall–Kier alpha value is -1.49. The number of hydrogen-bond donors (Lipinski definition) is 0. The average molecular weight is 308 g/mol. The lowest BCUT2D eigenvalue weighted by Gasteiger charge is -2.08. The molecule has 0 N–H and O–H groups in total. The van der Waals surface area contributed by atoms with Gasteiger partial charge in [0.2, 0.25) is 5.88 Å². The zero-order valence-electron chi connectivity index (χ0n) is 10.5. The number of ether oxygens (including phenoxy) is 1. The first-order valence-corrected chi connectivity index (χ1v) is 6.44. The minimum atomic E-state index is 0.285. The van der Waals surface area contributed by atoms with Crippen molar-refractivity contribution in [1.82, 2.24) is 15.0 Å². The second-order valence-electron chi connectivity index (χ2n) is 4.18. The van der Waals surface area contributed by atoms with Crippen molar-refractivity contribution in [3.05, 3.63) is 34.8 Å². The maximum Gasteiger partial charge on any atom is 0.212 e. The molecular weight excluding hydrogens is 294 g/mol. The summed E-state index contributed by atoms with van der Waals surface area (Å²) in [5, 5.41) is 0. The predicted molar refractivity (Wildman–Crippen MR) is 73.6 cm³/mol. The van der Waals surface area contributed by atoms with Crippen LogP contribution in [0.5, 0.6) is 5.88 Å². The molecule has 0 radical (unpaired) electrons. The minimum Gasteiger partial charge on any atom is -0.481 e. The second-order valence-corrected chi connectivity index (χ2v) is 4.99. The molecule has 2 aromatic rings. The van der Waals surface area contributed by atoms with Crippen molar-refractivity contribution in [2.24, 2.45) is 0 Å². The predicted octanol–water partition coefficient (Wildman–Crippen LogP) is 3.43. The first-order valence-electron chi connectivity index (χ1n) is 5.65. The fraction of sp³-hybridized carbons (Fsp3) is 0.308. The summed E-state index contributed by atoms with van der Waals surface area (Å²) in [5.41, 5.74) is 1.80. The van der Waals surface area contributed by atoms with Gasteiger partial charge in [-0.15, -0.1) is 0 Å². The van der Waals surface area contributed by atoms with Crippen molar-refractivity contribution in [2.75, 3.05) is 7.11 Å². The molecule has 0 aliphatic rings. The van der Waals surface area contributed by atoms with E-state index >= 15 is 0 Å². The molecule has 4 nitrogen and oxygen atoms in total. The molecule has 94 valence electrons. The van der Waals surface area contributed by atoms with Crippen LogP contribution in [-0.4, -0.2) is 22.1 Å². The van der Waals surface area contributed by atoms with Crippen molar-refractivity contribution in [3.8, 4) is 17.1 Å². The Morgan fingerprint density at radius 3 is 2.56 bits per heavy atom. The summed E-state index contributed by atoms with van der Waals surface area (Å²) >= 11 is 3.41. The fourth-order valence-corrected chi connectivity index (χ4v) is 1.89. The lowest BCUT2D eigenvalue weighted by Crippen LogP contribution is -1.99. The van der Waals surface area contributed by atoms with Gasteiger partial charge in [0.1, 0.15) is 10.4 Å². The van der Waals surface area contributed by atoms with E-state index in [1.165, 1.54) is 0 Å². The third-order valence-corrected chi connectivity index (χ3v) is 2.88. The molecule has 0 aliphatic carbocycles. The molecule has 0 saturated carbocycles. The Kier molecular flexibility index (Phi) is 3.91. The molecule has 0 amide bonds. The lowest BCUT2D eigenvalue weighted by atomic mass is 10.1. The van der Waals surface area contributed by atoms with Crippen molar-refractivity contribution < 1.29 is 4.74 Å². The van der Waals surface area contributed by atoms with E-state index in [1.54, 1.807) is 13.3 Å². The van der Waals surface area contributed by atoms with Crippen LogP contribution in [0.25, 0.3) is 11.3 Å². The Morgan fingerprint density at radius 2 is 2.00 bits per heavy atom. The van der Waals surface area contributed by atoms with Gasteiger partial charge in [-0.05, 0) is 28.1 Å². The number of methoxy groups -OCH3 is 1. The summed E-state index contributed by atoms with van der Waals surface area (Å²) in [4.78, 5) is 13.1. The molecule has 2 heterocycles. The van der Waals surface area contributed by atoms with Crippen LogP contribution < -0.4 is 4.74 Å². The van der Waals surface area contributed by atoms with Gasteiger partial charge < -0.3 is 4.74 Å². The Balaban J connectivity index is 2.42. The highest BCUT2D eigenvalue weighted by atomic mass is 79.9. The number of rotatable bonds is 3. The molecule has 0 saturated heterocycles. The summed E-state index contributed by atoms with van der Waals surface area (Å²) in [5.74, 6) is 1.69. The van der Waals surface area contributed by atoms with E-state index in [0.717, 1.165) is 21.7 Å². The summed E-state index contributed by atoms with van der Waals surface area (Å²) in [6.07, 6.45) is 1.75. The van der Waals surface area contributed by atoms with Gasteiger partial charge in [-0.1, -0.05) is 13.8 Å². The maximum absolute atomic E-state index is 5.04. The van der Waals surface area contributed by atoms with Gasteiger partial charge in [0.15, 0.2) is 0 Å². The summed E-state index contributed by atoms with van der Waals surface area (Å²) in [6, 6.07) is 5.64. The highest BCUT2D eigenvalue weighted by Crippen LogP contribution is 2.23. The highest BCUT2D eigenvalue weighted by Gasteiger charge is 2.08. The van der Waals surface area contributed by atoms with Crippen molar-refractivity contribution in [3.63, 3.8) is 0 Å². The minimum absolute atomic E-state index is 0.285. The van der Waals surface area contributed by atoms with Gasteiger partial charge in [0.25, 0.3) is 0 Å². The standard InChI is InChI=1S/C13H14BrN3O/c1-8(2)13-16-10(6-11(14)17-13)9-4-5-12(18-3)15-7-9/h4-8H,1-3H3. The molecule has 0 spiro atoms. The Morgan fingerprint density at radius 1 is 1.22 bits per heavy atom. The zero-order chi connectivity index (χ0) is 13.1. The average Bonchev–Trinajstić information content (AvgIpc) is 2.38. The Bertz CT molecular complexity index is 540. The van der Waals surface area contributed by atoms with Crippen molar-refractivity contribution >= 4 is 15.9 Å². The third-order valence-electron chi connectivity index (χ3n) is 2.47. The SMILES string of the molecule is COc1ccc(-c2cc(Br)nc(C(C)C)n2)cn1. The largest absolute Gasteiger partial charge is 0.481 e. The van der Waals surface area contributed by atoms with Gasteiger partial charge in [-0.25, -0.2) is 15.0 Å². The van der Waals surface area contributed by atoms with Gasteiger partial charge in [-0.2, -0.15) is 0 Å². The van der Waals surface area contributed by atoms with Crippen LogP contribution in [0.4, 0.5) is 0 Å². The van der Waals surface area contributed by atoms with Crippen LogP contribution in [0, 0.1) is 0 Å². The first-order chi connectivity index (χ1) is 8.60. The molecular formula is C13H14BrN3O. The molecule has 18 heavy (non-hydrogen) atoms. The fourth-order valence-electron chi connectivity index (χ4n) is 1.49. The molecule has 0 aromatic carbocycles. The number of hydrogen-bond acceptors (Lipinski definition) is 4. The van der Waals surface area contributed by atoms with E-state index in [2.05, 4.69) is 44.7 Å². The second kappa shape index (κ2) is 5.44. The molecule has 0 aliphatic heterocycles. The maximum atomic E-state index is 5.04. The van der Waals surface area contributed by atoms with E-state index in [9.17, 15) is 0 Å². The van der Waals surface area contributed by atoms with Crippen LogP contribution >= 0.6 is 15.9 Å². The van der Waals surface area contributed by atoms with Crippen LogP contribution in [0.1, 0.15) is 25.6 Å². The van der Waals surface area contributed by atoms with Gasteiger partial charge >= 0.3 is 0 Å². The molecule has 2 rings (SSSR count).